The molecule has 0 saturated carbocycles. The molecule has 5 heteroatoms. The van der Waals surface area contributed by atoms with Crippen molar-refractivity contribution in [2.75, 3.05) is 18.4 Å². The zero-order valence-corrected chi connectivity index (χ0v) is 12.9. The van der Waals surface area contributed by atoms with Gasteiger partial charge in [0.2, 0.25) is 5.91 Å². The SMILES string of the molecule is CCCCNC(=O)CNc1ccc(Br)cc1Br. The Labute approximate surface area is 119 Å². The second-order valence-corrected chi connectivity index (χ2v) is 5.45. The van der Waals surface area contributed by atoms with Crippen LogP contribution in [0, 0.1) is 0 Å². The molecular formula is C12H16Br2N2O. The molecule has 0 fully saturated rings. The highest BCUT2D eigenvalue weighted by atomic mass is 79.9. The van der Waals surface area contributed by atoms with Gasteiger partial charge in [0.15, 0.2) is 0 Å². The monoisotopic (exact) mass is 362 g/mol. The van der Waals surface area contributed by atoms with Gasteiger partial charge in [0.25, 0.3) is 0 Å². The molecule has 0 atom stereocenters. The Hall–Kier alpha value is -0.550. The Kier molecular flexibility index (Phi) is 6.58. The quantitative estimate of drug-likeness (QED) is 0.759. The van der Waals surface area contributed by atoms with E-state index in [0.29, 0.717) is 6.54 Å². The summed E-state index contributed by atoms with van der Waals surface area (Å²) in [6.45, 7) is 3.14. The van der Waals surface area contributed by atoms with Crippen molar-refractivity contribution >= 4 is 43.5 Å². The van der Waals surface area contributed by atoms with Crippen molar-refractivity contribution in [1.29, 1.82) is 0 Å². The molecule has 1 amide bonds. The fraction of sp³-hybridized carbons (Fsp3) is 0.417. The average Bonchev–Trinajstić information content (AvgIpc) is 2.28. The normalized spacial score (nSPS) is 10.1. The van der Waals surface area contributed by atoms with E-state index in [2.05, 4.69) is 49.4 Å². The van der Waals surface area contributed by atoms with Crippen LogP contribution in [0.25, 0.3) is 0 Å². The lowest BCUT2D eigenvalue weighted by atomic mass is 10.3. The largest absolute Gasteiger partial charge is 0.375 e. The molecule has 0 aliphatic heterocycles. The first-order valence-electron chi connectivity index (χ1n) is 5.59. The first-order valence-corrected chi connectivity index (χ1v) is 7.17. The number of amides is 1. The predicted octanol–water partition coefficient (Wildman–Crippen LogP) is 3.54. The van der Waals surface area contributed by atoms with Gasteiger partial charge < -0.3 is 10.6 Å². The Balaban J connectivity index is 2.37. The summed E-state index contributed by atoms with van der Waals surface area (Å²) in [6, 6.07) is 5.80. The molecule has 0 saturated heterocycles. The van der Waals surface area contributed by atoms with Crippen LogP contribution in [0.2, 0.25) is 0 Å². The van der Waals surface area contributed by atoms with Crippen LogP contribution in [0.1, 0.15) is 19.8 Å². The molecule has 0 radical (unpaired) electrons. The number of halogens is 2. The van der Waals surface area contributed by atoms with Crippen LogP contribution in [0.4, 0.5) is 5.69 Å². The highest BCUT2D eigenvalue weighted by molar-refractivity contribution is 9.11. The average molecular weight is 364 g/mol. The van der Waals surface area contributed by atoms with Gasteiger partial charge >= 0.3 is 0 Å². The van der Waals surface area contributed by atoms with Gasteiger partial charge in [-0.3, -0.25) is 4.79 Å². The summed E-state index contributed by atoms with van der Waals surface area (Å²) >= 11 is 6.82. The fourth-order valence-corrected chi connectivity index (χ4v) is 2.46. The summed E-state index contributed by atoms with van der Waals surface area (Å²) in [6.07, 6.45) is 2.11. The molecule has 1 aromatic rings. The number of hydrogen-bond acceptors (Lipinski definition) is 2. The van der Waals surface area contributed by atoms with Crippen molar-refractivity contribution in [2.24, 2.45) is 0 Å². The Bertz CT molecular complexity index is 383. The standard InChI is InChI=1S/C12H16Br2N2O/c1-2-3-6-15-12(17)8-16-11-5-4-9(13)7-10(11)14/h4-5,7,16H,2-3,6,8H2,1H3,(H,15,17). The van der Waals surface area contributed by atoms with Crippen LogP contribution < -0.4 is 10.6 Å². The molecule has 0 aliphatic carbocycles. The summed E-state index contributed by atoms with van der Waals surface area (Å²) in [7, 11) is 0. The minimum atomic E-state index is 0.0215. The summed E-state index contributed by atoms with van der Waals surface area (Å²) in [5.74, 6) is 0.0215. The molecule has 17 heavy (non-hydrogen) atoms. The molecular weight excluding hydrogens is 348 g/mol. The van der Waals surface area contributed by atoms with Gasteiger partial charge in [0.05, 0.1) is 6.54 Å². The first kappa shape index (κ1) is 14.5. The van der Waals surface area contributed by atoms with Crippen molar-refractivity contribution < 1.29 is 4.79 Å². The van der Waals surface area contributed by atoms with Crippen molar-refractivity contribution in [3.8, 4) is 0 Å². The molecule has 0 bridgehead atoms. The van der Waals surface area contributed by atoms with Crippen LogP contribution in [0.3, 0.4) is 0 Å². The fourth-order valence-electron chi connectivity index (χ4n) is 1.28. The topological polar surface area (TPSA) is 41.1 Å². The van der Waals surface area contributed by atoms with E-state index in [1.165, 1.54) is 0 Å². The van der Waals surface area contributed by atoms with Crippen molar-refractivity contribution in [3.05, 3.63) is 27.1 Å². The van der Waals surface area contributed by atoms with Gasteiger partial charge in [0.1, 0.15) is 0 Å². The smallest absolute Gasteiger partial charge is 0.239 e. The van der Waals surface area contributed by atoms with E-state index in [1.807, 2.05) is 18.2 Å². The van der Waals surface area contributed by atoms with Crippen LogP contribution in [-0.4, -0.2) is 19.0 Å². The number of anilines is 1. The third kappa shape index (κ3) is 5.55. The van der Waals surface area contributed by atoms with Gasteiger partial charge in [0, 0.05) is 21.2 Å². The summed E-state index contributed by atoms with van der Waals surface area (Å²) in [5, 5.41) is 5.95. The zero-order chi connectivity index (χ0) is 12.7. The van der Waals surface area contributed by atoms with Crippen LogP contribution >= 0.6 is 31.9 Å². The van der Waals surface area contributed by atoms with Crippen LogP contribution in [0.5, 0.6) is 0 Å². The zero-order valence-electron chi connectivity index (χ0n) is 9.72. The first-order chi connectivity index (χ1) is 8.13. The minimum Gasteiger partial charge on any atom is -0.375 e. The third-order valence-corrected chi connectivity index (χ3v) is 3.37. The Morgan fingerprint density at radius 1 is 1.35 bits per heavy atom. The van der Waals surface area contributed by atoms with E-state index in [0.717, 1.165) is 34.0 Å². The highest BCUT2D eigenvalue weighted by Crippen LogP contribution is 2.25. The van der Waals surface area contributed by atoms with E-state index >= 15 is 0 Å². The second kappa shape index (κ2) is 7.71. The van der Waals surface area contributed by atoms with Crippen molar-refractivity contribution in [3.63, 3.8) is 0 Å². The lowest BCUT2D eigenvalue weighted by Gasteiger charge is -2.09. The van der Waals surface area contributed by atoms with Crippen LogP contribution in [-0.2, 0) is 4.79 Å². The maximum Gasteiger partial charge on any atom is 0.239 e. The molecule has 0 aromatic heterocycles. The van der Waals surface area contributed by atoms with Crippen LogP contribution in [0.15, 0.2) is 27.1 Å². The van der Waals surface area contributed by atoms with Gasteiger partial charge in [-0.1, -0.05) is 29.3 Å². The number of hydrogen-bond donors (Lipinski definition) is 2. The lowest BCUT2D eigenvalue weighted by molar-refractivity contribution is -0.119. The summed E-state index contributed by atoms with van der Waals surface area (Å²) < 4.78 is 1.94. The van der Waals surface area contributed by atoms with E-state index in [1.54, 1.807) is 0 Å². The molecule has 0 aliphatic rings. The maximum absolute atomic E-state index is 11.5. The number of benzene rings is 1. The van der Waals surface area contributed by atoms with Gasteiger partial charge in [-0.05, 0) is 40.5 Å². The predicted molar refractivity (Wildman–Crippen MR) is 78.2 cm³/mol. The lowest BCUT2D eigenvalue weighted by Crippen LogP contribution is -2.30. The molecule has 0 spiro atoms. The highest BCUT2D eigenvalue weighted by Gasteiger charge is 2.03. The number of unbranched alkanes of at least 4 members (excludes halogenated alkanes) is 1. The van der Waals surface area contributed by atoms with E-state index in [9.17, 15) is 4.79 Å². The molecule has 3 nitrogen and oxygen atoms in total. The Morgan fingerprint density at radius 2 is 2.12 bits per heavy atom. The van der Waals surface area contributed by atoms with Gasteiger partial charge in [-0.15, -0.1) is 0 Å². The molecule has 0 unspecified atom stereocenters. The van der Waals surface area contributed by atoms with E-state index < -0.39 is 0 Å². The minimum absolute atomic E-state index is 0.0215. The number of carbonyl (C=O) groups is 1. The Morgan fingerprint density at radius 3 is 2.76 bits per heavy atom. The van der Waals surface area contributed by atoms with Crippen molar-refractivity contribution in [1.82, 2.24) is 5.32 Å². The third-order valence-electron chi connectivity index (χ3n) is 2.22. The molecule has 1 rings (SSSR count). The maximum atomic E-state index is 11.5. The number of nitrogens with one attached hydrogen (secondary N) is 2. The molecule has 1 aromatic carbocycles. The van der Waals surface area contributed by atoms with E-state index in [-0.39, 0.29) is 5.91 Å². The number of rotatable bonds is 6. The molecule has 0 heterocycles. The number of carbonyl (C=O) groups excluding carboxylic acids is 1. The van der Waals surface area contributed by atoms with Gasteiger partial charge in [-0.2, -0.15) is 0 Å². The molecule has 2 N–H and O–H groups in total. The van der Waals surface area contributed by atoms with Gasteiger partial charge in [-0.25, -0.2) is 0 Å². The molecule has 94 valence electrons. The summed E-state index contributed by atoms with van der Waals surface area (Å²) in [5.41, 5.74) is 0.916. The van der Waals surface area contributed by atoms with Crippen molar-refractivity contribution in [2.45, 2.75) is 19.8 Å². The summed E-state index contributed by atoms with van der Waals surface area (Å²) in [4.78, 5) is 11.5. The second-order valence-electron chi connectivity index (χ2n) is 3.68. The van der Waals surface area contributed by atoms with E-state index in [4.69, 9.17) is 0 Å².